The second-order valence-corrected chi connectivity index (χ2v) is 7.07. The molecule has 0 saturated carbocycles. The van der Waals surface area contributed by atoms with Gasteiger partial charge in [-0.25, -0.2) is 4.79 Å². The van der Waals surface area contributed by atoms with Crippen LogP contribution in [0.1, 0.15) is 11.1 Å². The van der Waals surface area contributed by atoms with Gasteiger partial charge in [0.1, 0.15) is 5.84 Å². The van der Waals surface area contributed by atoms with Crippen molar-refractivity contribution in [2.45, 2.75) is 12.7 Å². The first-order valence-corrected chi connectivity index (χ1v) is 9.54. The van der Waals surface area contributed by atoms with Gasteiger partial charge in [-0.1, -0.05) is 54.1 Å². The number of carbonyl (C=O) groups is 1. The minimum atomic E-state index is -5.08. The molecule has 0 aromatic heterocycles. The van der Waals surface area contributed by atoms with Crippen LogP contribution in [0.5, 0.6) is 0 Å². The van der Waals surface area contributed by atoms with Gasteiger partial charge in [-0.15, -0.1) is 0 Å². The SMILES string of the molecule is N=C1C=C(c2ccccc2)N2CCN=C2N1Cc1cccc(Cl)c1.O=C(O)C(F)(F)F. The second-order valence-electron chi connectivity index (χ2n) is 6.63. The zero-order chi connectivity index (χ0) is 22.6. The van der Waals surface area contributed by atoms with Crippen LogP contribution in [-0.2, 0) is 11.3 Å². The third-order valence-electron chi connectivity index (χ3n) is 4.46. The Morgan fingerprint density at radius 2 is 1.84 bits per heavy atom. The number of alkyl halides is 3. The molecule has 0 radical (unpaired) electrons. The molecular formula is C21H18ClF3N4O2. The summed E-state index contributed by atoms with van der Waals surface area (Å²) in [6.45, 7) is 2.18. The molecule has 0 fully saturated rings. The van der Waals surface area contributed by atoms with Crippen LogP contribution in [0.25, 0.3) is 5.70 Å². The molecule has 4 rings (SSSR count). The van der Waals surface area contributed by atoms with Crippen molar-refractivity contribution in [3.05, 3.63) is 76.8 Å². The van der Waals surface area contributed by atoms with Crippen molar-refractivity contribution in [3.63, 3.8) is 0 Å². The number of guanidine groups is 1. The van der Waals surface area contributed by atoms with E-state index in [-0.39, 0.29) is 0 Å². The van der Waals surface area contributed by atoms with Gasteiger partial charge in [0.05, 0.1) is 18.8 Å². The van der Waals surface area contributed by atoms with Crippen LogP contribution in [0.4, 0.5) is 13.2 Å². The molecule has 2 aliphatic rings. The Balaban J connectivity index is 0.000000339. The summed E-state index contributed by atoms with van der Waals surface area (Å²) in [7, 11) is 0. The van der Waals surface area contributed by atoms with E-state index in [0.29, 0.717) is 17.4 Å². The van der Waals surface area contributed by atoms with E-state index in [1.54, 1.807) is 0 Å². The Morgan fingerprint density at radius 1 is 1.16 bits per heavy atom. The van der Waals surface area contributed by atoms with Crippen LogP contribution in [0.15, 0.2) is 65.7 Å². The summed E-state index contributed by atoms with van der Waals surface area (Å²) >= 11 is 6.09. The molecule has 0 amide bonds. The second kappa shape index (κ2) is 9.22. The predicted molar refractivity (Wildman–Crippen MR) is 112 cm³/mol. The van der Waals surface area contributed by atoms with Crippen molar-refractivity contribution < 1.29 is 23.1 Å². The molecule has 31 heavy (non-hydrogen) atoms. The van der Waals surface area contributed by atoms with Crippen molar-refractivity contribution in [2.24, 2.45) is 4.99 Å². The van der Waals surface area contributed by atoms with Crippen molar-refractivity contribution in [2.75, 3.05) is 13.1 Å². The van der Waals surface area contributed by atoms with Crippen molar-refractivity contribution >= 4 is 35.1 Å². The van der Waals surface area contributed by atoms with Gasteiger partial charge in [0.2, 0.25) is 5.96 Å². The lowest BCUT2D eigenvalue weighted by atomic mass is 10.1. The largest absolute Gasteiger partial charge is 0.490 e. The predicted octanol–water partition coefficient (Wildman–Crippen LogP) is 4.48. The Kier molecular flexibility index (Phi) is 6.65. The molecule has 0 atom stereocenters. The van der Waals surface area contributed by atoms with Crippen LogP contribution >= 0.6 is 11.6 Å². The number of hydrogen-bond donors (Lipinski definition) is 2. The van der Waals surface area contributed by atoms with Gasteiger partial charge >= 0.3 is 12.1 Å². The smallest absolute Gasteiger partial charge is 0.475 e. The highest BCUT2D eigenvalue weighted by Crippen LogP contribution is 2.28. The third-order valence-corrected chi connectivity index (χ3v) is 4.69. The summed E-state index contributed by atoms with van der Waals surface area (Å²) in [5.74, 6) is -1.46. The highest BCUT2D eigenvalue weighted by molar-refractivity contribution is 6.30. The van der Waals surface area contributed by atoms with E-state index in [1.807, 2.05) is 53.4 Å². The lowest BCUT2D eigenvalue weighted by Gasteiger charge is -2.36. The molecule has 162 valence electrons. The highest BCUT2D eigenvalue weighted by Gasteiger charge is 2.38. The number of nitrogens with zero attached hydrogens (tertiary/aromatic N) is 3. The molecule has 2 aromatic rings. The van der Waals surface area contributed by atoms with Gasteiger partial charge in [0.15, 0.2) is 0 Å². The van der Waals surface area contributed by atoms with Gasteiger partial charge in [-0.2, -0.15) is 13.2 Å². The normalized spacial score (nSPS) is 15.5. The minimum Gasteiger partial charge on any atom is -0.475 e. The summed E-state index contributed by atoms with van der Waals surface area (Å²) in [5, 5.41) is 16.3. The van der Waals surface area contributed by atoms with E-state index in [9.17, 15) is 13.2 Å². The van der Waals surface area contributed by atoms with Crippen LogP contribution in [-0.4, -0.2) is 51.9 Å². The zero-order valence-electron chi connectivity index (χ0n) is 16.1. The maximum atomic E-state index is 10.6. The number of halogens is 4. The molecule has 2 N–H and O–H groups in total. The summed E-state index contributed by atoms with van der Waals surface area (Å²) in [4.78, 5) is 17.7. The number of benzene rings is 2. The molecule has 2 heterocycles. The van der Waals surface area contributed by atoms with E-state index < -0.39 is 12.1 Å². The molecule has 10 heteroatoms. The monoisotopic (exact) mass is 450 g/mol. The van der Waals surface area contributed by atoms with Gasteiger partial charge in [-0.3, -0.25) is 15.3 Å². The first kappa shape index (κ1) is 22.4. The molecule has 0 aliphatic carbocycles. The molecule has 0 bridgehead atoms. The first-order chi connectivity index (χ1) is 14.7. The number of carboxylic acids is 1. The van der Waals surface area contributed by atoms with E-state index in [4.69, 9.17) is 26.9 Å². The highest BCUT2D eigenvalue weighted by atomic mass is 35.5. The first-order valence-electron chi connectivity index (χ1n) is 9.16. The fourth-order valence-corrected chi connectivity index (χ4v) is 3.32. The molecule has 2 aliphatic heterocycles. The Hall–Kier alpha value is -3.33. The fraction of sp³-hybridized carbons (Fsp3) is 0.190. The number of amidine groups is 1. The van der Waals surface area contributed by atoms with Gasteiger partial charge < -0.3 is 10.0 Å². The number of nitrogens with one attached hydrogen (secondary N) is 1. The van der Waals surface area contributed by atoms with Crippen LogP contribution in [0, 0.1) is 5.41 Å². The maximum Gasteiger partial charge on any atom is 0.490 e. The number of hydrogen-bond acceptors (Lipinski definition) is 4. The van der Waals surface area contributed by atoms with Gasteiger partial charge in [0, 0.05) is 17.6 Å². The van der Waals surface area contributed by atoms with Crippen molar-refractivity contribution in [1.29, 1.82) is 5.41 Å². The Bertz CT molecular complexity index is 1040. The number of rotatable bonds is 3. The lowest BCUT2D eigenvalue weighted by molar-refractivity contribution is -0.192. The van der Waals surface area contributed by atoms with E-state index in [1.165, 1.54) is 0 Å². The van der Waals surface area contributed by atoms with E-state index in [2.05, 4.69) is 22.0 Å². The molecule has 6 nitrogen and oxygen atoms in total. The average molecular weight is 451 g/mol. The number of fused-ring (bicyclic) bond motifs is 1. The van der Waals surface area contributed by atoms with Crippen LogP contribution in [0.3, 0.4) is 0 Å². The summed E-state index contributed by atoms with van der Waals surface area (Å²) in [5.41, 5.74) is 3.22. The quantitative estimate of drug-likeness (QED) is 0.722. The summed E-state index contributed by atoms with van der Waals surface area (Å²) < 4.78 is 31.7. The van der Waals surface area contributed by atoms with Crippen molar-refractivity contribution in [3.8, 4) is 0 Å². The molecule has 0 spiro atoms. The summed E-state index contributed by atoms with van der Waals surface area (Å²) in [6, 6.07) is 17.9. The topological polar surface area (TPSA) is 80.0 Å². The molecule has 2 aromatic carbocycles. The van der Waals surface area contributed by atoms with Crippen LogP contribution < -0.4 is 0 Å². The Labute approximate surface area is 181 Å². The van der Waals surface area contributed by atoms with Crippen molar-refractivity contribution in [1.82, 2.24) is 9.80 Å². The third kappa shape index (κ3) is 5.43. The van der Waals surface area contributed by atoms with E-state index in [0.717, 1.165) is 35.9 Å². The maximum absolute atomic E-state index is 10.6. The van der Waals surface area contributed by atoms with E-state index >= 15 is 0 Å². The minimum absolute atomic E-state index is 0.450. The molecular weight excluding hydrogens is 433 g/mol. The van der Waals surface area contributed by atoms with Gasteiger partial charge in [-0.05, 0) is 23.3 Å². The number of aliphatic imine (C=N–C) groups is 1. The summed E-state index contributed by atoms with van der Waals surface area (Å²) in [6.07, 6.45) is -3.16. The average Bonchev–Trinajstić information content (AvgIpc) is 3.20. The zero-order valence-corrected chi connectivity index (χ0v) is 16.9. The molecule has 0 saturated heterocycles. The lowest BCUT2D eigenvalue weighted by Crippen LogP contribution is -2.47. The number of aliphatic carboxylic acids is 1. The standard InChI is InChI=1S/C19H17ClN4.C2HF3O2/c20-16-8-4-5-14(11-16)13-24-18(21)12-17(15-6-2-1-3-7-15)23-10-9-22-19(23)24;3-2(4,5)1(6)7/h1-8,11-12,21H,9-10,13H2;(H,6,7). The molecule has 0 unspecified atom stereocenters. The number of carboxylic acid groups (broad SMARTS) is 1. The Morgan fingerprint density at radius 3 is 2.45 bits per heavy atom. The van der Waals surface area contributed by atoms with Crippen LogP contribution in [0.2, 0.25) is 5.02 Å². The fourth-order valence-electron chi connectivity index (χ4n) is 3.11. The van der Waals surface area contributed by atoms with Gasteiger partial charge in [0.25, 0.3) is 0 Å².